The number of para-hydroxylation sites is 1. The number of rotatable bonds is 7. The fourth-order valence-electron chi connectivity index (χ4n) is 4.10. The van der Waals surface area contributed by atoms with Crippen LogP contribution in [-0.4, -0.2) is 43.7 Å². The Bertz CT molecular complexity index is 1050. The molecule has 0 aliphatic carbocycles. The zero-order valence-corrected chi connectivity index (χ0v) is 18.1. The van der Waals surface area contributed by atoms with Crippen LogP contribution in [-0.2, 0) is 20.8 Å². The Morgan fingerprint density at radius 2 is 1.48 bits per heavy atom. The predicted molar refractivity (Wildman–Crippen MR) is 123 cm³/mol. The van der Waals surface area contributed by atoms with Crippen molar-refractivity contribution in [3.8, 4) is 11.5 Å². The molecular weight excluding hydrogens is 420 g/mol. The summed E-state index contributed by atoms with van der Waals surface area (Å²) in [5.74, 6) is 1.43. The lowest BCUT2D eigenvalue weighted by Gasteiger charge is -2.18. The average Bonchev–Trinajstić information content (AvgIpc) is 3.43. The van der Waals surface area contributed by atoms with Crippen molar-refractivity contribution >= 4 is 11.8 Å². The van der Waals surface area contributed by atoms with Gasteiger partial charge in [0.1, 0.15) is 23.7 Å². The minimum Gasteiger partial charge on any atom is -0.457 e. The van der Waals surface area contributed by atoms with Crippen LogP contribution in [0, 0.1) is 0 Å². The van der Waals surface area contributed by atoms with Crippen molar-refractivity contribution in [3.63, 3.8) is 0 Å². The highest BCUT2D eigenvalue weighted by molar-refractivity contribution is 5.84. The van der Waals surface area contributed by atoms with Crippen molar-refractivity contribution in [1.82, 2.24) is 5.32 Å². The molecule has 2 fully saturated rings. The second kappa shape index (κ2) is 10.0. The van der Waals surface area contributed by atoms with Crippen LogP contribution in [0.25, 0.3) is 0 Å². The van der Waals surface area contributed by atoms with E-state index in [2.05, 4.69) is 22.8 Å². The summed E-state index contributed by atoms with van der Waals surface area (Å²) >= 11 is 0. The molecule has 2 N–H and O–H groups in total. The van der Waals surface area contributed by atoms with E-state index >= 15 is 0 Å². The molecule has 7 nitrogen and oxygen atoms in total. The molecule has 0 bridgehead atoms. The van der Waals surface area contributed by atoms with E-state index in [0.717, 1.165) is 12.3 Å². The summed E-state index contributed by atoms with van der Waals surface area (Å²) in [4.78, 5) is 12.4. The minimum absolute atomic E-state index is 0.0593. The van der Waals surface area contributed by atoms with Gasteiger partial charge in [0, 0.05) is 12.2 Å². The van der Waals surface area contributed by atoms with E-state index in [1.165, 1.54) is 5.56 Å². The second-order valence-electron chi connectivity index (χ2n) is 8.08. The molecule has 2 saturated heterocycles. The number of hydrogen-bond donors (Lipinski definition) is 2. The fraction of sp³-hybridized carbons (Fsp3) is 0.269. The second-order valence-corrected chi connectivity index (χ2v) is 8.08. The topological polar surface area (TPSA) is 78.1 Å². The maximum absolute atomic E-state index is 12.4. The predicted octanol–water partition coefficient (Wildman–Crippen LogP) is 4.35. The molecule has 5 rings (SSSR count). The molecule has 2 heterocycles. The standard InChI is InChI=1S/C26H26N2O5/c29-26(28-19-11-13-21(14-12-19)32-20-9-5-2-6-10-20)33-23-17-31-24-22(16-30-25(23)24)27-15-18-7-3-1-4-8-18/h1-14,22-25,27H,15-17H2,(H,28,29)/t22-,23-,24-,25+/m1/s1. The van der Waals surface area contributed by atoms with E-state index in [0.29, 0.717) is 24.7 Å². The summed E-state index contributed by atoms with van der Waals surface area (Å²) in [7, 11) is 0. The third-order valence-electron chi connectivity index (χ3n) is 5.76. The highest BCUT2D eigenvalue weighted by atomic mass is 16.6. The zero-order valence-electron chi connectivity index (χ0n) is 18.1. The van der Waals surface area contributed by atoms with Crippen LogP contribution < -0.4 is 15.4 Å². The molecule has 170 valence electrons. The molecule has 0 spiro atoms. The maximum atomic E-state index is 12.4. The first-order valence-corrected chi connectivity index (χ1v) is 11.1. The highest BCUT2D eigenvalue weighted by Crippen LogP contribution is 2.29. The average molecular weight is 447 g/mol. The number of benzene rings is 3. The van der Waals surface area contributed by atoms with Crippen molar-refractivity contribution < 1.29 is 23.7 Å². The Labute approximate surface area is 192 Å². The highest BCUT2D eigenvalue weighted by Gasteiger charge is 2.49. The van der Waals surface area contributed by atoms with Gasteiger partial charge in [-0.15, -0.1) is 0 Å². The van der Waals surface area contributed by atoms with Crippen molar-refractivity contribution in [1.29, 1.82) is 0 Å². The Hall–Kier alpha value is -3.39. The molecule has 3 aromatic rings. The van der Waals surface area contributed by atoms with Gasteiger partial charge in [0.25, 0.3) is 0 Å². The minimum atomic E-state index is -0.537. The Morgan fingerprint density at radius 1 is 0.818 bits per heavy atom. The number of ether oxygens (including phenoxy) is 4. The summed E-state index contributed by atoms with van der Waals surface area (Å²) in [6, 6.07) is 26.9. The molecule has 7 heteroatoms. The molecule has 0 unspecified atom stereocenters. The number of anilines is 1. The third kappa shape index (κ3) is 5.34. The molecule has 0 aromatic heterocycles. The molecule has 1 amide bonds. The van der Waals surface area contributed by atoms with Gasteiger partial charge in [0.05, 0.1) is 19.3 Å². The normalized spacial score (nSPS) is 23.6. The number of fused-ring (bicyclic) bond motifs is 1. The van der Waals surface area contributed by atoms with Crippen LogP contribution in [0.1, 0.15) is 5.56 Å². The monoisotopic (exact) mass is 446 g/mol. The number of hydrogen-bond acceptors (Lipinski definition) is 6. The number of amides is 1. The van der Waals surface area contributed by atoms with E-state index in [1.54, 1.807) is 24.3 Å². The first-order valence-electron chi connectivity index (χ1n) is 11.1. The van der Waals surface area contributed by atoms with Crippen molar-refractivity contribution in [2.45, 2.75) is 30.9 Å². The van der Waals surface area contributed by atoms with E-state index < -0.39 is 12.2 Å². The van der Waals surface area contributed by atoms with Gasteiger partial charge in [0.15, 0.2) is 6.10 Å². The van der Waals surface area contributed by atoms with E-state index in [-0.39, 0.29) is 18.2 Å². The summed E-state index contributed by atoms with van der Waals surface area (Å²) in [6.07, 6.45) is -1.39. The first-order chi connectivity index (χ1) is 16.2. The van der Waals surface area contributed by atoms with E-state index in [9.17, 15) is 4.79 Å². The third-order valence-corrected chi connectivity index (χ3v) is 5.76. The van der Waals surface area contributed by atoms with Gasteiger partial charge in [-0.3, -0.25) is 5.32 Å². The molecule has 0 radical (unpaired) electrons. The van der Waals surface area contributed by atoms with E-state index in [1.807, 2.05) is 48.5 Å². The Kier molecular flexibility index (Phi) is 6.53. The zero-order chi connectivity index (χ0) is 22.5. The van der Waals surface area contributed by atoms with Gasteiger partial charge in [-0.2, -0.15) is 0 Å². The van der Waals surface area contributed by atoms with Crippen LogP contribution in [0.4, 0.5) is 10.5 Å². The van der Waals surface area contributed by atoms with Gasteiger partial charge >= 0.3 is 6.09 Å². The van der Waals surface area contributed by atoms with Crippen LogP contribution in [0.3, 0.4) is 0 Å². The molecule has 2 aliphatic heterocycles. The van der Waals surface area contributed by atoms with Gasteiger partial charge in [-0.1, -0.05) is 48.5 Å². The fourth-order valence-corrected chi connectivity index (χ4v) is 4.10. The number of carbonyl (C=O) groups is 1. The summed E-state index contributed by atoms with van der Waals surface area (Å²) in [5, 5.41) is 6.24. The van der Waals surface area contributed by atoms with Gasteiger partial charge < -0.3 is 24.3 Å². The molecule has 3 aromatic carbocycles. The lowest BCUT2D eigenvalue weighted by atomic mass is 10.1. The van der Waals surface area contributed by atoms with Crippen molar-refractivity contribution in [3.05, 3.63) is 90.5 Å². The molecule has 4 atom stereocenters. The van der Waals surface area contributed by atoms with Crippen LogP contribution in [0.2, 0.25) is 0 Å². The lowest BCUT2D eigenvalue weighted by Crippen LogP contribution is -2.41. The largest absolute Gasteiger partial charge is 0.457 e. The SMILES string of the molecule is O=C(Nc1ccc(Oc2ccccc2)cc1)O[C@@H]1CO[C@H]2[C@H]1OC[C@H]2NCc1ccccc1. The summed E-state index contributed by atoms with van der Waals surface area (Å²) in [6.45, 7) is 1.57. The van der Waals surface area contributed by atoms with Crippen LogP contribution in [0.15, 0.2) is 84.9 Å². The molecule has 0 saturated carbocycles. The Balaban J connectivity index is 1.10. The molecular formula is C26H26N2O5. The first kappa shape index (κ1) is 21.5. The van der Waals surface area contributed by atoms with Crippen LogP contribution in [0.5, 0.6) is 11.5 Å². The van der Waals surface area contributed by atoms with E-state index in [4.69, 9.17) is 18.9 Å². The lowest BCUT2D eigenvalue weighted by molar-refractivity contribution is 0.00854. The van der Waals surface area contributed by atoms with Crippen molar-refractivity contribution in [2.24, 2.45) is 0 Å². The molecule has 33 heavy (non-hydrogen) atoms. The van der Waals surface area contributed by atoms with Gasteiger partial charge in [-0.05, 0) is 42.0 Å². The van der Waals surface area contributed by atoms with Gasteiger partial charge in [-0.25, -0.2) is 4.79 Å². The summed E-state index contributed by atoms with van der Waals surface area (Å²) in [5.41, 5.74) is 1.82. The maximum Gasteiger partial charge on any atom is 0.412 e. The number of nitrogens with one attached hydrogen (secondary N) is 2. The van der Waals surface area contributed by atoms with Crippen molar-refractivity contribution in [2.75, 3.05) is 18.5 Å². The number of carbonyl (C=O) groups excluding carboxylic acids is 1. The van der Waals surface area contributed by atoms with Crippen LogP contribution >= 0.6 is 0 Å². The molecule has 2 aliphatic rings. The Morgan fingerprint density at radius 3 is 2.24 bits per heavy atom. The van der Waals surface area contributed by atoms with Gasteiger partial charge in [0.2, 0.25) is 0 Å². The summed E-state index contributed by atoms with van der Waals surface area (Å²) < 4.78 is 23.2. The smallest absolute Gasteiger partial charge is 0.412 e. The quantitative estimate of drug-likeness (QED) is 0.562.